The van der Waals surface area contributed by atoms with Gasteiger partial charge in [0.2, 0.25) is 11.7 Å². The number of Topliss-reactive ketones (excluding diaryl/α,β-unsaturated/α-hetero) is 1. The van der Waals surface area contributed by atoms with E-state index in [0.717, 1.165) is 5.56 Å². The second-order valence-electron chi connectivity index (χ2n) is 10.4. The largest absolute Gasteiger partial charge is 0.373 e. The van der Waals surface area contributed by atoms with Gasteiger partial charge < -0.3 is 20.0 Å². The maximum Gasteiger partial charge on any atom is 0.326 e. The van der Waals surface area contributed by atoms with Crippen LogP contribution in [0.25, 0.3) is 0 Å². The number of nitrogens with two attached hydrogens (primary N) is 1. The Morgan fingerprint density at radius 2 is 1.85 bits per heavy atom. The van der Waals surface area contributed by atoms with E-state index in [9.17, 15) is 24.0 Å². The van der Waals surface area contributed by atoms with Crippen molar-refractivity contribution in [1.82, 2.24) is 4.90 Å². The lowest BCUT2D eigenvalue weighted by Gasteiger charge is -2.30. The van der Waals surface area contributed by atoms with Crippen molar-refractivity contribution >= 4 is 52.1 Å². The lowest BCUT2D eigenvalue weighted by Crippen LogP contribution is -2.42. The van der Waals surface area contributed by atoms with E-state index in [1.54, 1.807) is 70.3 Å². The summed E-state index contributed by atoms with van der Waals surface area (Å²) in [6.07, 6.45) is -0.161. The maximum absolute atomic E-state index is 13.7. The number of thiophene rings is 1. The third-order valence-electron chi connectivity index (χ3n) is 7.15. The molecule has 4 rings (SSSR count). The molecule has 0 bridgehead atoms. The molecule has 1 atom stereocenters. The van der Waals surface area contributed by atoms with Crippen molar-refractivity contribution in [2.24, 2.45) is 5.90 Å². The number of likely N-dealkylation sites (N-methyl/N-ethyl adjacent to an activating group) is 1. The van der Waals surface area contributed by atoms with Gasteiger partial charge >= 0.3 is 5.97 Å². The molecule has 214 valence electrons. The van der Waals surface area contributed by atoms with Crippen LogP contribution >= 0.6 is 11.3 Å². The SMILES string of the molecule is CC(C(=O)C(C)(C)Nc1ccc2c(c1)C(=O)N(CCC(=O)ON)CC(=O)N2C)c1cccc(C(=O)c2cccs2)c1. The van der Waals surface area contributed by atoms with Crippen molar-refractivity contribution in [1.29, 1.82) is 0 Å². The van der Waals surface area contributed by atoms with Crippen LogP contribution in [0.5, 0.6) is 0 Å². The average Bonchev–Trinajstić information content (AvgIpc) is 3.49. The minimum atomic E-state index is -1.05. The number of ketones is 2. The zero-order valence-electron chi connectivity index (χ0n) is 23.3. The lowest BCUT2D eigenvalue weighted by atomic mass is 9.84. The van der Waals surface area contributed by atoms with Gasteiger partial charge in [-0.25, -0.2) is 0 Å². The normalized spacial score (nSPS) is 14.3. The van der Waals surface area contributed by atoms with Gasteiger partial charge in [0, 0.05) is 30.8 Å². The molecule has 0 aliphatic carbocycles. The summed E-state index contributed by atoms with van der Waals surface area (Å²) < 4.78 is 0. The van der Waals surface area contributed by atoms with Crippen LogP contribution in [0, 0.1) is 0 Å². The quantitative estimate of drug-likeness (QED) is 0.275. The highest BCUT2D eigenvalue weighted by molar-refractivity contribution is 7.12. The van der Waals surface area contributed by atoms with Gasteiger partial charge in [-0.05, 0) is 55.1 Å². The lowest BCUT2D eigenvalue weighted by molar-refractivity contribution is -0.144. The molecule has 1 aromatic heterocycles. The summed E-state index contributed by atoms with van der Waals surface area (Å²) in [5, 5.41) is 5.09. The van der Waals surface area contributed by atoms with E-state index < -0.39 is 23.3 Å². The van der Waals surface area contributed by atoms with Gasteiger partial charge in [0.05, 0.1) is 28.1 Å². The van der Waals surface area contributed by atoms with Crippen LogP contribution in [0.2, 0.25) is 0 Å². The van der Waals surface area contributed by atoms with Crippen molar-refractivity contribution in [3.63, 3.8) is 0 Å². The molecule has 0 saturated carbocycles. The summed E-state index contributed by atoms with van der Waals surface area (Å²) in [6.45, 7) is 5.05. The number of rotatable bonds is 10. The highest BCUT2D eigenvalue weighted by Crippen LogP contribution is 2.31. The van der Waals surface area contributed by atoms with Crippen molar-refractivity contribution in [3.05, 3.63) is 81.5 Å². The van der Waals surface area contributed by atoms with Crippen LogP contribution in [-0.2, 0) is 19.2 Å². The molecule has 1 aliphatic heterocycles. The minimum absolute atomic E-state index is 0.0406. The molecule has 3 aromatic rings. The van der Waals surface area contributed by atoms with E-state index in [1.165, 1.54) is 21.1 Å². The minimum Gasteiger partial charge on any atom is -0.373 e. The summed E-state index contributed by atoms with van der Waals surface area (Å²) in [6, 6.07) is 15.6. The number of nitrogens with zero attached hydrogens (tertiary/aromatic N) is 2. The van der Waals surface area contributed by atoms with Crippen LogP contribution in [0.4, 0.5) is 11.4 Å². The number of hydrogen-bond donors (Lipinski definition) is 2. The number of anilines is 2. The molecule has 0 radical (unpaired) electrons. The van der Waals surface area contributed by atoms with Crippen LogP contribution in [0.15, 0.2) is 60.0 Å². The van der Waals surface area contributed by atoms with E-state index in [0.29, 0.717) is 21.8 Å². The first kappa shape index (κ1) is 29.6. The molecule has 0 saturated heterocycles. The van der Waals surface area contributed by atoms with Crippen LogP contribution < -0.4 is 16.1 Å². The van der Waals surface area contributed by atoms with Gasteiger partial charge in [-0.15, -0.1) is 11.3 Å². The molecule has 0 fully saturated rings. The van der Waals surface area contributed by atoms with Gasteiger partial charge in [-0.3, -0.25) is 24.0 Å². The maximum atomic E-state index is 13.7. The summed E-state index contributed by atoms with van der Waals surface area (Å²) in [5.74, 6) is 2.71. The number of hydrogen-bond acceptors (Lipinski definition) is 9. The van der Waals surface area contributed by atoms with Crippen molar-refractivity contribution in [3.8, 4) is 0 Å². The number of carbonyl (C=O) groups excluding carboxylic acids is 5. The zero-order valence-corrected chi connectivity index (χ0v) is 24.1. The van der Waals surface area contributed by atoms with E-state index in [1.807, 2.05) is 17.5 Å². The summed E-state index contributed by atoms with van der Waals surface area (Å²) >= 11 is 1.37. The summed E-state index contributed by atoms with van der Waals surface area (Å²) in [5.41, 5.74) is 1.36. The van der Waals surface area contributed by atoms with E-state index in [4.69, 9.17) is 5.90 Å². The van der Waals surface area contributed by atoms with Crippen molar-refractivity contribution in [2.45, 2.75) is 38.6 Å². The Morgan fingerprint density at radius 1 is 1.10 bits per heavy atom. The topological polar surface area (TPSA) is 139 Å². The van der Waals surface area contributed by atoms with Gasteiger partial charge in [0.1, 0.15) is 6.54 Å². The summed E-state index contributed by atoms with van der Waals surface area (Å²) in [7, 11) is 1.58. The first-order valence-corrected chi connectivity index (χ1v) is 13.9. The summed E-state index contributed by atoms with van der Waals surface area (Å²) in [4.78, 5) is 71.6. The Labute approximate surface area is 242 Å². The molecule has 2 heterocycles. The predicted octanol–water partition coefficient (Wildman–Crippen LogP) is 3.77. The van der Waals surface area contributed by atoms with E-state index >= 15 is 0 Å². The van der Waals surface area contributed by atoms with E-state index in [-0.39, 0.29) is 42.5 Å². The molecule has 10 nitrogen and oxygen atoms in total. The fourth-order valence-electron chi connectivity index (χ4n) is 4.80. The highest BCUT2D eigenvalue weighted by atomic mass is 32.1. The smallest absolute Gasteiger partial charge is 0.326 e. The van der Waals surface area contributed by atoms with Crippen LogP contribution in [-0.4, -0.2) is 59.9 Å². The Bertz CT molecular complexity index is 1500. The number of benzene rings is 2. The molecule has 1 aliphatic rings. The number of fused-ring (bicyclic) bond motifs is 1. The third kappa shape index (κ3) is 6.36. The van der Waals surface area contributed by atoms with Crippen LogP contribution in [0.3, 0.4) is 0 Å². The fraction of sp³-hybridized carbons (Fsp3) is 0.300. The third-order valence-corrected chi connectivity index (χ3v) is 8.02. The first-order valence-electron chi connectivity index (χ1n) is 13.0. The molecule has 3 N–H and O–H groups in total. The fourth-order valence-corrected chi connectivity index (χ4v) is 5.49. The Balaban J connectivity index is 1.55. The van der Waals surface area contributed by atoms with Crippen LogP contribution in [0.1, 0.15) is 64.3 Å². The Hall–Kier alpha value is -4.35. The molecule has 11 heteroatoms. The van der Waals surface area contributed by atoms with Crippen molar-refractivity contribution < 1.29 is 28.8 Å². The van der Waals surface area contributed by atoms with Gasteiger partial charge in [-0.2, -0.15) is 5.90 Å². The van der Waals surface area contributed by atoms with E-state index in [2.05, 4.69) is 10.2 Å². The molecular formula is C30H32N4O6S. The molecule has 2 aromatic carbocycles. The average molecular weight is 577 g/mol. The van der Waals surface area contributed by atoms with Crippen molar-refractivity contribution in [2.75, 3.05) is 30.4 Å². The first-order chi connectivity index (χ1) is 19.4. The molecular weight excluding hydrogens is 544 g/mol. The Morgan fingerprint density at radius 3 is 2.54 bits per heavy atom. The number of nitrogens with one attached hydrogen (secondary N) is 1. The number of amides is 2. The molecule has 2 amide bonds. The van der Waals surface area contributed by atoms with Gasteiger partial charge in [0.25, 0.3) is 5.91 Å². The standard InChI is InChI=1S/C30H32N4O6S/c1-18(19-7-5-8-20(15-19)27(37)24-9-6-14-41-24)28(38)30(2,3)32-21-10-11-23-22(16-21)29(39)34(13-12-26(36)40-31)17-25(35)33(23)4/h5-11,14-16,18,32H,12-13,17,31H2,1-4H3. The molecule has 1 unspecified atom stereocenters. The number of carbonyl (C=O) groups is 5. The second kappa shape index (κ2) is 12.0. The zero-order chi connectivity index (χ0) is 29.9. The Kier molecular flexibility index (Phi) is 8.69. The molecule has 41 heavy (non-hydrogen) atoms. The second-order valence-corrected chi connectivity index (χ2v) is 11.4. The van der Waals surface area contributed by atoms with Gasteiger partial charge in [0.15, 0.2) is 5.78 Å². The predicted molar refractivity (Wildman–Crippen MR) is 156 cm³/mol. The highest BCUT2D eigenvalue weighted by Gasteiger charge is 2.34. The van der Waals surface area contributed by atoms with Gasteiger partial charge in [-0.1, -0.05) is 31.2 Å². The molecule has 0 spiro atoms. The monoisotopic (exact) mass is 576 g/mol.